The minimum atomic E-state index is -0.423. The fraction of sp³-hybridized carbons (Fsp3) is 0.0500. The van der Waals surface area contributed by atoms with Crippen molar-refractivity contribution in [1.29, 1.82) is 0 Å². The van der Waals surface area contributed by atoms with Crippen LogP contribution in [0.2, 0.25) is 0 Å². The van der Waals surface area contributed by atoms with E-state index >= 15 is 0 Å². The molecule has 1 saturated heterocycles. The highest BCUT2D eigenvalue weighted by Gasteiger charge is 2.35. The van der Waals surface area contributed by atoms with Gasteiger partial charge >= 0.3 is 0 Å². The van der Waals surface area contributed by atoms with Crippen molar-refractivity contribution in [2.45, 2.75) is 6.54 Å². The Hall–Kier alpha value is -2.64. The summed E-state index contributed by atoms with van der Waals surface area (Å²) < 4.78 is 6.29. The largest absolute Gasteiger partial charge is 0.463 e. The van der Waals surface area contributed by atoms with E-state index < -0.39 is 5.91 Å². The molecule has 0 aliphatic carbocycles. The van der Waals surface area contributed by atoms with E-state index in [1.807, 2.05) is 24.3 Å². The van der Waals surface area contributed by atoms with Crippen LogP contribution in [0, 0.1) is 0 Å². The number of nitrogens with zero attached hydrogens (tertiary/aromatic N) is 1. The van der Waals surface area contributed by atoms with Gasteiger partial charge in [0.15, 0.2) is 5.43 Å². The Balaban J connectivity index is 1.67. The minimum Gasteiger partial charge on any atom is -0.463 e. The van der Waals surface area contributed by atoms with Crippen molar-refractivity contribution in [2.24, 2.45) is 0 Å². The van der Waals surface area contributed by atoms with E-state index in [9.17, 15) is 14.4 Å². The second-order valence-corrected chi connectivity index (χ2v) is 7.72. The number of halogens is 1. The molecule has 2 amide bonds. The number of amides is 2. The molecule has 4 rings (SSSR count). The first-order chi connectivity index (χ1) is 13.0. The molecule has 0 N–H and O–H groups in total. The molecule has 1 fully saturated rings. The van der Waals surface area contributed by atoms with Gasteiger partial charge in [-0.3, -0.25) is 19.3 Å². The van der Waals surface area contributed by atoms with Crippen LogP contribution in [-0.2, 0) is 11.3 Å². The molecule has 0 saturated carbocycles. The summed E-state index contributed by atoms with van der Waals surface area (Å²) in [5.74, 6) is -0.423. The number of rotatable bonds is 3. The molecule has 0 atom stereocenters. The van der Waals surface area contributed by atoms with Gasteiger partial charge in [-0.2, -0.15) is 0 Å². The lowest BCUT2D eigenvalue weighted by atomic mass is 10.1. The van der Waals surface area contributed by atoms with Crippen molar-refractivity contribution in [3.8, 4) is 0 Å². The highest BCUT2D eigenvalue weighted by molar-refractivity contribution is 9.10. The number of thioether (sulfide) groups is 1. The Kier molecular flexibility index (Phi) is 4.72. The summed E-state index contributed by atoms with van der Waals surface area (Å²) >= 11 is 4.24. The zero-order valence-corrected chi connectivity index (χ0v) is 16.2. The lowest BCUT2D eigenvalue weighted by Crippen LogP contribution is -2.27. The van der Waals surface area contributed by atoms with Crippen LogP contribution in [0.5, 0.6) is 0 Å². The van der Waals surface area contributed by atoms with Crippen molar-refractivity contribution in [3.05, 3.63) is 85.5 Å². The van der Waals surface area contributed by atoms with Gasteiger partial charge in [-0.1, -0.05) is 46.3 Å². The van der Waals surface area contributed by atoms with Crippen LogP contribution in [0.1, 0.15) is 11.1 Å². The van der Waals surface area contributed by atoms with E-state index in [4.69, 9.17) is 4.42 Å². The lowest BCUT2D eigenvalue weighted by molar-refractivity contribution is -0.123. The average Bonchev–Trinajstić information content (AvgIpc) is 2.93. The van der Waals surface area contributed by atoms with Gasteiger partial charge in [0, 0.05) is 4.47 Å². The van der Waals surface area contributed by atoms with Crippen molar-refractivity contribution >= 4 is 55.9 Å². The maximum absolute atomic E-state index is 12.7. The topological polar surface area (TPSA) is 67.6 Å². The molecule has 27 heavy (non-hydrogen) atoms. The zero-order valence-electron chi connectivity index (χ0n) is 13.8. The number of carbonyl (C=O) groups is 2. The standard InChI is InChI=1S/C20H12BrNO4S/c21-15-7-3-1-5-12(15)10-22-19(24)17(27-20(22)25)9-13-11-26-16-8-4-2-6-14(16)18(13)23/h1-9,11H,10H2/b17-9-. The second kappa shape index (κ2) is 7.17. The van der Waals surface area contributed by atoms with E-state index in [2.05, 4.69) is 15.9 Å². The van der Waals surface area contributed by atoms with Crippen LogP contribution >= 0.6 is 27.7 Å². The van der Waals surface area contributed by atoms with E-state index in [0.29, 0.717) is 11.0 Å². The summed E-state index contributed by atoms with van der Waals surface area (Å²) in [6.45, 7) is 0.162. The Labute approximate surface area is 166 Å². The first-order valence-corrected chi connectivity index (χ1v) is 9.65. The Morgan fingerprint density at radius 2 is 1.78 bits per heavy atom. The molecule has 1 aromatic heterocycles. The van der Waals surface area contributed by atoms with Gasteiger partial charge in [-0.25, -0.2) is 0 Å². The third-order valence-electron chi connectivity index (χ3n) is 4.15. The number of carbonyl (C=O) groups excluding carboxylic acids is 2. The van der Waals surface area contributed by atoms with E-state index in [1.54, 1.807) is 24.3 Å². The van der Waals surface area contributed by atoms with Crippen LogP contribution in [-0.4, -0.2) is 16.0 Å². The number of hydrogen-bond donors (Lipinski definition) is 0. The maximum Gasteiger partial charge on any atom is 0.293 e. The van der Waals surface area contributed by atoms with Gasteiger partial charge in [-0.05, 0) is 41.6 Å². The quantitative estimate of drug-likeness (QED) is 0.546. The third-order valence-corrected chi connectivity index (χ3v) is 5.83. The van der Waals surface area contributed by atoms with Gasteiger partial charge in [0.05, 0.1) is 22.4 Å². The second-order valence-electron chi connectivity index (χ2n) is 5.88. The van der Waals surface area contributed by atoms with Crippen LogP contribution in [0.4, 0.5) is 4.79 Å². The van der Waals surface area contributed by atoms with Gasteiger partial charge in [0.25, 0.3) is 11.1 Å². The number of benzene rings is 2. The van der Waals surface area contributed by atoms with Gasteiger partial charge in [0.1, 0.15) is 11.8 Å². The van der Waals surface area contributed by atoms with E-state index in [-0.39, 0.29) is 27.7 Å². The lowest BCUT2D eigenvalue weighted by Gasteiger charge is -2.13. The molecule has 7 heteroatoms. The van der Waals surface area contributed by atoms with Crippen LogP contribution in [0.15, 0.2) is 73.4 Å². The molecule has 1 aliphatic heterocycles. The van der Waals surface area contributed by atoms with E-state index in [0.717, 1.165) is 21.8 Å². The summed E-state index contributed by atoms with van der Waals surface area (Å²) in [5.41, 5.74) is 1.29. The Morgan fingerprint density at radius 3 is 2.59 bits per heavy atom. The Morgan fingerprint density at radius 1 is 1.04 bits per heavy atom. The summed E-state index contributed by atoms with van der Waals surface area (Å²) in [5, 5.41) is 0.0610. The smallest absolute Gasteiger partial charge is 0.293 e. The highest BCUT2D eigenvalue weighted by atomic mass is 79.9. The van der Waals surface area contributed by atoms with Crippen molar-refractivity contribution in [1.82, 2.24) is 4.90 Å². The van der Waals surface area contributed by atoms with Crippen LogP contribution in [0.3, 0.4) is 0 Å². The molecule has 134 valence electrons. The number of imide groups is 1. The molecular formula is C20H12BrNO4S. The molecule has 1 aliphatic rings. The van der Waals surface area contributed by atoms with Gasteiger partial charge in [-0.15, -0.1) is 0 Å². The fourth-order valence-electron chi connectivity index (χ4n) is 2.77. The number of para-hydroxylation sites is 1. The van der Waals surface area contributed by atoms with Crippen molar-refractivity contribution in [2.75, 3.05) is 0 Å². The Bertz CT molecular complexity index is 1170. The predicted molar refractivity (Wildman–Crippen MR) is 108 cm³/mol. The average molecular weight is 442 g/mol. The third kappa shape index (κ3) is 3.36. The molecule has 3 aromatic rings. The monoisotopic (exact) mass is 441 g/mol. The van der Waals surface area contributed by atoms with Crippen molar-refractivity contribution in [3.63, 3.8) is 0 Å². The fourth-order valence-corrected chi connectivity index (χ4v) is 4.01. The minimum absolute atomic E-state index is 0.162. The summed E-state index contributed by atoms with van der Waals surface area (Å²) in [7, 11) is 0. The molecule has 0 spiro atoms. The number of fused-ring (bicyclic) bond motifs is 1. The summed E-state index contributed by atoms with van der Waals surface area (Å²) in [6, 6.07) is 14.3. The zero-order chi connectivity index (χ0) is 19.0. The predicted octanol–water partition coefficient (Wildman–Crippen LogP) is 4.79. The normalized spacial score (nSPS) is 15.9. The maximum atomic E-state index is 12.7. The molecule has 2 aromatic carbocycles. The van der Waals surface area contributed by atoms with Crippen molar-refractivity contribution < 1.29 is 14.0 Å². The molecule has 5 nitrogen and oxygen atoms in total. The van der Waals surface area contributed by atoms with Crippen LogP contribution in [0.25, 0.3) is 17.0 Å². The van der Waals surface area contributed by atoms with E-state index in [1.165, 1.54) is 17.2 Å². The molecule has 0 bridgehead atoms. The van der Waals surface area contributed by atoms with Gasteiger partial charge in [0.2, 0.25) is 0 Å². The summed E-state index contributed by atoms with van der Waals surface area (Å²) in [4.78, 5) is 38.9. The first kappa shape index (κ1) is 17.8. The molecule has 0 radical (unpaired) electrons. The highest BCUT2D eigenvalue weighted by Crippen LogP contribution is 2.34. The SMILES string of the molecule is O=C1S/C(=C\c2coc3ccccc3c2=O)C(=O)N1Cc1ccccc1Br. The first-order valence-electron chi connectivity index (χ1n) is 8.04. The van der Waals surface area contributed by atoms with Gasteiger partial charge < -0.3 is 4.42 Å². The molecular weight excluding hydrogens is 430 g/mol. The number of hydrogen-bond acceptors (Lipinski definition) is 5. The van der Waals surface area contributed by atoms with Crippen LogP contribution < -0.4 is 5.43 Å². The summed E-state index contributed by atoms with van der Waals surface area (Å²) in [6.07, 6.45) is 2.73. The molecule has 2 heterocycles. The molecule has 0 unspecified atom stereocenters.